The Hall–Kier alpha value is -2.64. The summed E-state index contributed by atoms with van der Waals surface area (Å²) >= 11 is 5.63. The lowest BCUT2D eigenvalue weighted by Gasteiger charge is -2.70. The molecule has 5 rings (SSSR count). The Morgan fingerprint density at radius 3 is 2.25 bits per heavy atom. The Bertz CT molecular complexity index is 992. The molecule has 3 aliphatic carbocycles. The van der Waals surface area contributed by atoms with Gasteiger partial charge in [0.05, 0.1) is 11.6 Å². The number of nitrogens with one attached hydrogen (secondary N) is 2. The Balaban J connectivity index is 1.11. The van der Waals surface area contributed by atoms with Gasteiger partial charge in [0.2, 0.25) is 5.91 Å². The van der Waals surface area contributed by atoms with Gasteiger partial charge >= 0.3 is 0 Å². The van der Waals surface area contributed by atoms with Crippen molar-refractivity contribution in [2.45, 2.75) is 43.7 Å². The van der Waals surface area contributed by atoms with E-state index in [0.717, 1.165) is 12.5 Å². The predicted octanol–water partition coefficient (Wildman–Crippen LogP) is 3.33. The van der Waals surface area contributed by atoms with E-state index >= 15 is 0 Å². The van der Waals surface area contributed by atoms with Crippen molar-refractivity contribution in [1.29, 1.82) is 0 Å². The first-order chi connectivity index (χ1) is 15.3. The van der Waals surface area contributed by atoms with Crippen LogP contribution in [-0.4, -0.2) is 42.7 Å². The fourth-order valence-electron chi connectivity index (χ4n) is 4.54. The van der Waals surface area contributed by atoms with Crippen LogP contribution >= 0.6 is 11.6 Å². The van der Waals surface area contributed by atoms with E-state index in [2.05, 4.69) is 34.9 Å². The summed E-state index contributed by atoms with van der Waals surface area (Å²) in [7, 11) is 0. The van der Waals surface area contributed by atoms with Gasteiger partial charge in [-0.1, -0.05) is 41.4 Å². The second-order valence-corrected chi connectivity index (χ2v) is 9.25. The molecule has 170 valence electrons. The van der Waals surface area contributed by atoms with Gasteiger partial charge in [-0.25, -0.2) is 4.39 Å². The molecule has 32 heavy (non-hydrogen) atoms. The lowest BCUT2D eigenvalue weighted by atomic mass is 9.44. The quantitative estimate of drug-likeness (QED) is 0.533. The molecule has 2 aromatic carbocycles. The van der Waals surface area contributed by atoms with Crippen LogP contribution in [0.5, 0.6) is 5.75 Å². The molecule has 0 aliphatic heterocycles. The topological polar surface area (TPSA) is 76.7 Å². The zero-order valence-electron chi connectivity index (χ0n) is 17.9. The van der Waals surface area contributed by atoms with E-state index in [1.807, 2.05) is 6.92 Å². The maximum Gasteiger partial charge on any atom is 0.258 e. The number of hydrogen-bond acceptors (Lipinski definition) is 4. The zero-order chi connectivity index (χ0) is 22.8. The van der Waals surface area contributed by atoms with Gasteiger partial charge in [-0.05, 0) is 50.3 Å². The van der Waals surface area contributed by atoms with Gasteiger partial charge < -0.3 is 20.1 Å². The number of amides is 2. The molecule has 3 aliphatic rings. The third-order valence-electron chi connectivity index (χ3n) is 5.99. The standard InChI is InChI=1S/C24H26ClFN2O4/c1-16-2-4-17(5-3-16)8-9-31-11-21(29)27-23-13-24(14-23,15-23)28-22(30)12-32-18-6-7-19(25)20(26)10-18/h2-7,10H,8-9,11-15H2,1H3,(H,27,29)(H,28,30). The molecule has 0 radical (unpaired) electrons. The van der Waals surface area contributed by atoms with E-state index in [-0.39, 0.29) is 46.9 Å². The van der Waals surface area contributed by atoms with Crippen molar-refractivity contribution in [3.05, 3.63) is 64.4 Å². The van der Waals surface area contributed by atoms with Crippen LogP contribution in [0.4, 0.5) is 4.39 Å². The number of hydrogen-bond donors (Lipinski definition) is 2. The van der Waals surface area contributed by atoms with Crippen LogP contribution in [0.3, 0.4) is 0 Å². The molecule has 0 aromatic heterocycles. The third kappa shape index (κ3) is 5.22. The van der Waals surface area contributed by atoms with E-state index in [4.69, 9.17) is 21.1 Å². The Kier molecular flexibility index (Phi) is 6.40. The number of ether oxygens (including phenoxy) is 2. The van der Waals surface area contributed by atoms with Crippen LogP contribution in [0.2, 0.25) is 5.02 Å². The van der Waals surface area contributed by atoms with E-state index in [0.29, 0.717) is 25.9 Å². The highest BCUT2D eigenvalue weighted by atomic mass is 35.5. The third-order valence-corrected chi connectivity index (χ3v) is 6.30. The molecule has 2 bridgehead atoms. The van der Waals surface area contributed by atoms with Crippen molar-refractivity contribution in [2.24, 2.45) is 0 Å². The fraction of sp³-hybridized carbons (Fsp3) is 0.417. The number of carbonyl (C=O) groups is 2. The predicted molar refractivity (Wildman–Crippen MR) is 118 cm³/mol. The van der Waals surface area contributed by atoms with Gasteiger partial charge in [0.1, 0.15) is 18.2 Å². The van der Waals surface area contributed by atoms with Gasteiger partial charge in [-0.15, -0.1) is 0 Å². The van der Waals surface area contributed by atoms with Crippen LogP contribution in [0.1, 0.15) is 30.4 Å². The number of halogens is 2. The van der Waals surface area contributed by atoms with Gasteiger partial charge in [0, 0.05) is 17.1 Å². The normalized spacial score (nSPS) is 23.0. The van der Waals surface area contributed by atoms with Crippen LogP contribution in [0.25, 0.3) is 0 Å². The van der Waals surface area contributed by atoms with Crippen molar-refractivity contribution >= 4 is 23.4 Å². The van der Waals surface area contributed by atoms with E-state index in [1.54, 1.807) is 0 Å². The average molecular weight is 461 g/mol. The van der Waals surface area contributed by atoms with Crippen LogP contribution in [0, 0.1) is 12.7 Å². The molecule has 3 saturated carbocycles. The highest BCUT2D eigenvalue weighted by molar-refractivity contribution is 6.30. The largest absolute Gasteiger partial charge is 0.484 e. The van der Waals surface area contributed by atoms with Gasteiger partial charge in [-0.3, -0.25) is 9.59 Å². The molecule has 2 N–H and O–H groups in total. The van der Waals surface area contributed by atoms with Gasteiger partial charge in [0.25, 0.3) is 5.91 Å². The Morgan fingerprint density at radius 1 is 1.00 bits per heavy atom. The van der Waals surface area contributed by atoms with E-state index in [1.165, 1.54) is 23.3 Å². The maximum absolute atomic E-state index is 13.4. The molecular weight excluding hydrogens is 435 g/mol. The summed E-state index contributed by atoms with van der Waals surface area (Å²) in [5, 5.41) is 5.99. The van der Waals surface area contributed by atoms with E-state index < -0.39 is 5.82 Å². The molecular formula is C24H26ClFN2O4. The molecule has 2 amide bonds. The molecule has 8 heteroatoms. The summed E-state index contributed by atoms with van der Waals surface area (Å²) < 4.78 is 24.3. The minimum atomic E-state index is -0.596. The van der Waals surface area contributed by atoms with Crippen molar-refractivity contribution < 1.29 is 23.5 Å². The first-order valence-corrected chi connectivity index (χ1v) is 11.0. The summed E-state index contributed by atoms with van der Waals surface area (Å²) in [5.74, 6) is -0.771. The summed E-state index contributed by atoms with van der Waals surface area (Å²) in [5.41, 5.74) is 1.86. The number of aryl methyl sites for hydroxylation is 1. The molecule has 0 saturated heterocycles. The van der Waals surface area contributed by atoms with Crippen molar-refractivity contribution in [3.8, 4) is 5.75 Å². The van der Waals surface area contributed by atoms with Gasteiger partial charge in [0.15, 0.2) is 6.61 Å². The van der Waals surface area contributed by atoms with Crippen LogP contribution < -0.4 is 15.4 Å². The molecule has 0 unspecified atom stereocenters. The molecule has 0 spiro atoms. The average Bonchev–Trinajstić information content (AvgIpc) is 2.71. The molecule has 0 heterocycles. The summed E-state index contributed by atoms with van der Waals surface area (Å²) in [4.78, 5) is 24.4. The molecule has 3 fully saturated rings. The molecule has 6 nitrogen and oxygen atoms in total. The molecule has 2 aromatic rings. The minimum absolute atomic E-state index is 0.000296. The fourth-order valence-corrected chi connectivity index (χ4v) is 4.66. The maximum atomic E-state index is 13.4. The highest BCUT2D eigenvalue weighted by Crippen LogP contribution is 2.60. The number of benzene rings is 2. The minimum Gasteiger partial charge on any atom is -0.484 e. The van der Waals surface area contributed by atoms with Crippen molar-refractivity contribution in [2.75, 3.05) is 19.8 Å². The summed E-state index contributed by atoms with van der Waals surface area (Å²) in [6.07, 6.45) is 2.84. The second kappa shape index (κ2) is 9.08. The smallest absolute Gasteiger partial charge is 0.258 e. The van der Waals surface area contributed by atoms with Crippen LogP contribution in [0.15, 0.2) is 42.5 Å². The summed E-state index contributed by atoms with van der Waals surface area (Å²) in [6, 6.07) is 12.3. The van der Waals surface area contributed by atoms with E-state index in [9.17, 15) is 14.0 Å². The lowest BCUT2D eigenvalue weighted by molar-refractivity contribution is -0.152. The Labute approximate surface area is 191 Å². The molecule has 0 atom stereocenters. The first-order valence-electron chi connectivity index (χ1n) is 10.6. The highest BCUT2D eigenvalue weighted by Gasteiger charge is 2.69. The number of rotatable bonds is 10. The Morgan fingerprint density at radius 2 is 1.62 bits per heavy atom. The SMILES string of the molecule is Cc1ccc(CCOCC(=O)NC23CC(NC(=O)COc4ccc(Cl)c(F)c4)(C2)C3)cc1. The van der Waals surface area contributed by atoms with Gasteiger partial charge in [-0.2, -0.15) is 0 Å². The number of carbonyl (C=O) groups excluding carboxylic acids is 2. The summed E-state index contributed by atoms with van der Waals surface area (Å²) in [6.45, 7) is 2.35. The zero-order valence-corrected chi connectivity index (χ0v) is 18.6. The monoisotopic (exact) mass is 460 g/mol. The first kappa shape index (κ1) is 22.6. The van der Waals surface area contributed by atoms with Crippen LogP contribution in [-0.2, 0) is 20.7 Å². The lowest BCUT2D eigenvalue weighted by Crippen LogP contribution is -2.84. The second-order valence-electron chi connectivity index (χ2n) is 8.84. The van der Waals surface area contributed by atoms with Crippen molar-refractivity contribution in [3.63, 3.8) is 0 Å². The van der Waals surface area contributed by atoms with Crippen molar-refractivity contribution in [1.82, 2.24) is 10.6 Å².